The Morgan fingerprint density at radius 2 is 1.05 bits per heavy atom. The highest BCUT2D eigenvalue weighted by molar-refractivity contribution is 5.72. The fraction of sp³-hybridized carbons (Fsp3) is 0.923. The maximum atomic E-state index is 11.0. The second kappa shape index (κ2) is 12.9. The Hall–Kier alpha value is -0.770. The Kier molecular flexibility index (Phi) is 11.3. The number of aliphatic carboxylic acids is 1. The average Bonchev–Trinajstić information content (AvgIpc) is 2.47. The van der Waals surface area contributed by atoms with Crippen molar-refractivity contribution < 1.29 is 38.3 Å². The first-order valence-corrected chi connectivity index (χ1v) is 7.04. The molecular formula is C13H24O8. The Balaban J connectivity index is 2.23. The van der Waals surface area contributed by atoms with Crippen LogP contribution in [0.25, 0.3) is 0 Å². The molecule has 0 aliphatic carbocycles. The summed E-state index contributed by atoms with van der Waals surface area (Å²) in [5.41, 5.74) is 0. The van der Waals surface area contributed by atoms with Crippen molar-refractivity contribution in [3.8, 4) is 0 Å². The molecule has 8 heteroatoms. The van der Waals surface area contributed by atoms with Crippen molar-refractivity contribution in [2.75, 3.05) is 72.7 Å². The molecule has 1 saturated heterocycles. The first-order valence-electron chi connectivity index (χ1n) is 7.04. The predicted octanol–water partition coefficient (Wildman–Crippen LogP) is -0.447. The summed E-state index contributed by atoms with van der Waals surface area (Å²) in [7, 11) is 0. The van der Waals surface area contributed by atoms with Gasteiger partial charge in [0.05, 0.1) is 72.7 Å². The van der Waals surface area contributed by atoms with E-state index in [1.54, 1.807) is 0 Å². The lowest BCUT2D eigenvalue weighted by molar-refractivity contribution is -0.156. The molecule has 124 valence electrons. The molecule has 1 fully saturated rings. The Bertz CT molecular complexity index is 243. The second-order valence-corrected chi connectivity index (χ2v) is 4.22. The van der Waals surface area contributed by atoms with E-state index >= 15 is 0 Å². The smallest absolute Gasteiger partial charge is 0.335 e. The minimum atomic E-state index is -1.05. The van der Waals surface area contributed by atoms with Crippen molar-refractivity contribution in [1.82, 2.24) is 0 Å². The first kappa shape index (κ1) is 18.3. The van der Waals surface area contributed by atoms with Crippen molar-refractivity contribution >= 4 is 5.97 Å². The van der Waals surface area contributed by atoms with Crippen LogP contribution in [0.15, 0.2) is 0 Å². The van der Waals surface area contributed by atoms with E-state index in [2.05, 4.69) is 0 Å². The molecule has 0 amide bonds. The van der Waals surface area contributed by atoms with Gasteiger partial charge in [-0.3, -0.25) is 0 Å². The van der Waals surface area contributed by atoms with Crippen molar-refractivity contribution in [3.63, 3.8) is 0 Å². The number of ether oxygens (including phenoxy) is 6. The molecule has 1 atom stereocenters. The van der Waals surface area contributed by atoms with Gasteiger partial charge in [-0.2, -0.15) is 0 Å². The van der Waals surface area contributed by atoms with Crippen LogP contribution in [0.5, 0.6) is 0 Å². The number of hydrogen-bond acceptors (Lipinski definition) is 7. The molecule has 0 bridgehead atoms. The molecule has 0 aromatic heterocycles. The van der Waals surface area contributed by atoms with Gasteiger partial charge in [-0.1, -0.05) is 0 Å². The molecule has 0 radical (unpaired) electrons. The van der Waals surface area contributed by atoms with Gasteiger partial charge in [-0.25, -0.2) is 4.79 Å². The van der Waals surface area contributed by atoms with Crippen molar-refractivity contribution in [3.05, 3.63) is 0 Å². The number of rotatable bonds is 1. The van der Waals surface area contributed by atoms with E-state index in [1.807, 2.05) is 0 Å². The molecule has 21 heavy (non-hydrogen) atoms. The van der Waals surface area contributed by atoms with Crippen LogP contribution in [0.3, 0.4) is 0 Å². The molecule has 0 spiro atoms. The number of carbonyl (C=O) groups is 1. The zero-order chi connectivity index (χ0) is 15.2. The summed E-state index contributed by atoms with van der Waals surface area (Å²) in [6.07, 6.45) is -0.993. The molecule has 0 saturated carbocycles. The van der Waals surface area contributed by atoms with E-state index in [0.717, 1.165) is 0 Å². The second-order valence-electron chi connectivity index (χ2n) is 4.22. The summed E-state index contributed by atoms with van der Waals surface area (Å²) in [4.78, 5) is 11.0. The molecule has 1 heterocycles. The van der Waals surface area contributed by atoms with Crippen molar-refractivity contribution in [1.29, 1.82) is 0 Å². The third-order valence-corrected chi connectivity index (χ3v) is 2.58. The maximum Gasteiger partial charge on any atom is 0.335 e. The zero-order valence-electron chi connectivity index (χ0n) is 12.2. The maximum absolute atomic E-state index is 11.0. The van der Waals surface area contributed by atoms with Crippen LogP contribution in [0.1, 0.15) is 0 Å². The standard InChI is InChI=1S/C13H24O8/c14-13(15)12-11-20-8-7-18-4-3-16-1-2-17-5-6-19-9-10-21-12/h12H,1-11H2,(H,14,15). The highest BCUT2D eigenvalue weighted by Crippen LogP contribution is 1.95. The van der Waals surface area contributed by atoms with Gasteiger partial charge < -0.3 is 33.5 Å². The summed E-state index contributed by atoms with van der Waals surface area (Å²) in [6.45, 7) is 4.05. The lowest BCUT2D eigenvalue weighted by Crippen LogP contribution is -2.31. The van der Waals surface area contributed by atoms with E-state index in [1.165, 1.54) is 0 Å². The SMILES string of the molecule is O=C(O)C1COCCOCCOCCOCCOCCO1. The highest BCUT2D eigenvalue weighted by atomic mass is 16.6. The number of carboxylic acids is 1. The van der Waals surface area contributed by atoms with Gasteiger partial charge in [0.2, 0.25) is 0 Å². The average molecular weight is 308 g/mol. The third-order valence-electron chi connectivity index (χ3n) is 2.58. The number of carboxylic acid groups (broad SMARTS) is 1. The summed E-state index contributed by atoms with van der Waals surface area (Å²) in [6, 6.07) is 0. The minimum absolute atomic E-state index is 0.0156. The van der Waals surface area contributed by atoms with Gasteiger partial charge in [0.25, 0.3) is 0 Å². The van der Waals surface area contributed by atoms with E-state index in [9.17, 15) is 4.79 Å². The topological polar surface area (TPSA) is 92.7 Å². The molecule has 0 aromatic rings. The van der Waals surface area contributed by atoms with Gasteiger partial charge in [0.15, 0.2) is 6.10 Å². The van der Waals surface area contributed by atoms with Crippen molar-refractivity contribution in [2.45, 2.75) is 6.10 Å². The minimum Gasteiger partial charge on any atom is -0.479 e. The fourth-order valence-electron chi connectivity index (χ4n) is 1.51. The molecule has 1 aliphatic rings. The molecule has 8 nitrogen and oxygen atoms in total. The summed E-state index contributed by atoms with van der Waals surface area (Å²) >= 11 is 0. The van der Waals surface area contributed by atoms with Gasteiger partial charge >= 0.3 is 5.97 Å². The number of hydrogen-bond donors (Lipinski definition) is 1. The van der Waals surface area contributed by atoms with Crippen LogP contribution in [0.4, 0.5) is 0 Å². The largest absolute Gasteiger partial charge is 0.479 e. The van der Waals surface area contributed by atoms with E-state index in [0.29, 0.717) is 59.5 Å². The van der Waals surface area contributed by atoms with Gasteiger partial charge in [-0.15, -0.1) is 0 Å². The quantitative estimate of drug-likeness (QED) is 0.696. The zero-order valence-corrected chi connectivity index (χ0v) is 12.2. The van der Waals surface area contributed by atoms with Gasteiger partial charge in [-0.05, 0) is 0 Å². The third kappa shape index (κ3) is 10.6. The lowest BCUT2D eigenvalue weighted by Gasteiger charge is -2.14. The Morgan fingerprint density at radius 1 is 0.667 bits per heavy atom. The molecule has 1 aliphatic heterocycles. The lowest BCUT2D eigenvalue weighted by atomic mass is 10.4. The molecule has 1 N–H and O–H groups in total. The molecule has 0 aromatic carbocycles. The Morgan fingerprint density at radius 3 is 1.48 bits per heavy atom. The summed E-state index contributed by atoms with van der Waals surface area (Å²) < 4.78 is 31.5. The molecule has 1 unspecified atom stereocenters. The van der Waals surface area contributed by atoms with Crippen molar-refractivity contribution in [2.24, 2.45) is 0 Å². The van der Waals surface area contributed by atoms with Crippen LogP contribution in [0.2, 0.25) is 0 Å². The summed E-state index contributed by atoms with van der Waals surface area (Å²) in [5.74, 6) is -1.05. The molecule has 1 rings (SSSR count). The normalized spacial score (nSPS) is 25.6. The highest BCUT2D eigenvalue weighted by Gasteiger charge is 2.18. The van der Waals surface area contributed by atoms with Gasteiger partial charge in [0.1, 0.15) is 0 Å². The van der Waals surface area contributed by atoms with Crippen LogP contribution in [0, 0.1) is 0 Å². The van der Waals surface area contributed by atoms with Crippen LogP contribution in [-0.4, -0.2) is 89.9 Å². The van der Waals surface area contributed by atoms with E-state index in [-0.39, 0.29) is 13.2 Å². The van der Waals surface area contributed by atoms with Gasteiger partial charge in [0, 0.05) is 0 Å². The van der Waals surface area contributed by atoms with E-state index < -0.39 is 12.1 Å². The van der Waals surface area contributed by atoms with E-state index in [4.69, 9.17) is 33.5 Å². The van der Waals surface area contributed by atoms with Crippen LogP contribution < -0.4 is 0 Å². The molecular weight excluding hydrogens is 284 g/mol. The van der Waals surface area contributed by atoms with Crippen LogP contribution in [-0.2, 0) is 33.2 Å². The summed E-state index contributed by atoms with van der Waals surface area (Å²) in [5, 5.41) is 8.98. The fourth-order valence-corrected chi connectivity index (χ4v) is 1.51. The first-order chi connectivity index (χ1) is 10.3. The van der Waals surface area contributed by atoms with Crippen LogP contribution >= 0.6 is 0 Å². The monoisotopic (exact) mass is 308 g/mol. The predicted molar refractivity (Wildman–Crippen MR) is 71.5 cm³/mol. The Labute approximate surface area is 124 Å².